The maximum Gasteiger partial charge on any atom is 0.254 e. The average molecular weight is 427 g/mol. The Kier molecular flexibility index (Phi) is 5.12. The largest absolute Gasteiger partial charge is 0.493 e. The molecule has 1 aromatic carbocycles. The highest BCUT2D eigenvalue weighted by atomic mass is 19.1. The molecule has 3 aromatic rings. The van der Waals surface area contributed by atoms with Crippen LogP contribution < -0.4 is 15.4 Å². The van der Waals surface area contributed by atoms with Crippen molar-refractivity contribution in [2.45, 2.75) is 19.1 Å². The Morgan fingerprint density at radius 3 is 3.13 bits per heavy atom. The van der Waals surface area contributed by atoms with E-state index in [9.17, 15) is 9.18 Å². The predicted octanol–water partition coefficient (Wildman–Crippen LogP) is 1.08. The van der Waals surface area contributed by atoms with Gasteiger partial charge in [-0.3, -0.25) is 4.79 Å². The zero-order chi connectivity index (χ0) is 21.4. The van der Waals surface area contributed by atoms with Gasteiger partial charge in [0.2, 0.25) is 5.95 Å². The van der Waals surface area contributed by atoms with Crippen LogP contribution in [0.1, 0.15) is 11.1 Å². The topological polar surface area (TPSA) is 106 Å². The molecule has 1 fully saturated rings. The molecule has 31 heavy (non-hydrogen) atoms. The molecule has 2 aliphatic rings. The molecule has 2 aliphatic heterocycles. The Hall–Kier alpha value is -3.31. The minimum atomic E-state index is -0.565. The monoisotopic (exact) mass is 427 g/mol. The lowest BCUT2D eigenvalue weighted by molar-refractivity contribution is -0.132. The molecule has 1 atom stereocenters. The number of carbonyl (C=O) groups is 1. The Morgan fingerprint density at radius 1 is 1.35 bits per heavy atom. The first kappa shape index (κ1) is 19.6. The van der Waals surface area contributed by atoms with Crippen molar-refractivity contribution in [2.75, 3.05) is 44.0 Å². The van der Waals surface area contributed by atoms with Gasteiger partial charge in [0.05, 0.1) is 19.4 Å². The van der Waals surface area contributed by atoms with E-state index in [1.807, 2.05) is 11.9 Å². The van der Waals surface area contributed by atoms with Gasteiger partial charge in [-0.25, -0.2) is 13.8 Å². The number of carbonyl (C=O) groups excluding carboxylic acids is 1. The molecule has 0 radical (unpaired) electrons. The molecular formula is C20H22FN7O3. The summed E-state index contributed by atoms with van der Waals surface area (Å²) in [7, 11) is 1.94. The highest BCUT2D eigenvalue weighted by molar-refractivity contribution is 5.97. The molecule has 0 spiro atoms. The van der Waals surface area contributed by atoms with Crippen LogP contribution in [0.5, 0.6) is 5.75 Å². The maximum atomic E-state index is 14.4. The van der Waals surface area contributed by atoms with E-state index in [4.69, 9.17) is 9.47 Å². The second-order valence-electron chi connectivity index (χ2n) is 7.59. The fourth-order valence-corrected chi connectivity index (χ4v) is 3.86. The van der Waals surface area contributed by atoms with Crippen LogP contribution in [0.2, 0.25) is 0 Å². The van der Waals surface area contributed by atoms with Gasteiger partial charge in [-0.1, -0.05) is 0 Å². The number of morpholine rings is 1. The van der Waals surface area contributed by atoms with Gasteiger partial charge in [-0.2, -0.15) is 0 Å². The summed E-state index contributed by atoms with van der Waals surface area (Å²) < 4.78 is 27.1. The van der Waals surface area contributed by atoms with Crippen LogP contribution in [0.3, 0.4) is 0 Å². The van der Waals surface area contributed by atoms with Gasteiger partial charge in [0, 0.05) is 37.2 Å². The maximum absolute atomic E-state index is 14.4. The fourth-order valence-electron chi connectivity index (χ4n) is 3.86. The molecule has 0 saturated carbocycles. The number of benzene rings is 1. The number of fused-ring (bicyclic) bond motifs is 2. The van der Waals surface area contributed by atoms with Crippen molar-refractivity contribution in [1.29, 1.82) is 0 Å². The molecule has 1 saturated heterocycles. The minimum Gasteiger partial charge on any atom is -0.493 e. The number of amides is 1. The lowest BCUT2D eigenvalue weighted by atomic mass is 10.0. The molecule has 11 heteroatoms. The smallest absolute Gasteiger partial charge is 0.254 e. The number of anilines is 2. The van der Waals surface area contributed by atoms with Gasteiger partial charge >= 0.3 is 0 Å². The summed E-state index contributed by atoms with van der Waals surface area (Å²) in [5.41, 5.74) is 2.27. The Morgan fingerprint density at radius 2 is 2.26 bits per heavy atom. The third-order valence-corrected chi connectivity index (χ3v) is 5.52. The predicted molar refractivity (Wildman–Crippen MR) is 110 cm³/mol. The summed E-state index contributed by atoms with van der Waals surface area (Å²) in [5.74, 6) is 0.593. The number of likely N-dealkylation sites (N-methyl/N-ethyl adjacent to an activating group) is 1. The summed E-state index contributed by atoms with van der Waals surface area (Å²) in [6.45, 7) is 2.58. The van der Waals surface area contributed by atoms with Crippen LogP contribution in [-0.4, -0.2) is 69.8 Å². The van der Waals surface area contributed by atoms with Crippen molar-refractivity contribution < 1.29 is 18.7 Å². The van der Waals surface area contributed by atoms with Crippen molar-refractivity contribution in [2.24, 2.45) is 0 Å². The van der Waals surface area contributed by atoms with E-state index in [1.165, 1.54) is 18.6 Å². The van der Waals surface area contributed by atoms with E-state index in [0.717, 1.165) is 12.1 Å². The van der Waals surface area contributed by atoms with Gasteiger partial charge in [0.25, 0.3) is 5.91 Å². The number of hydrogen-bond acceptors (Lipinski definition) is 8. The number of halogens is 1. The minimum absolute atomic E-state index is 0.229. The number of nitrogens with one attached hydrogen (secondary N) is 2. The lowest BCUT2D eigenvalue weighted by Crippen LogP contribution is -2.46. The van der Waals surface area contributed by atoms with Gasteiger partial charge in [0.1, 0.15) is 29.7 Å². The quantitative estimate of drug-likeness (QED) is 0.623. The van der Waals surface area contributed by atoms with Gasteiger partial charge in [0.15, 0.2) is 5.65 Å². The van der Waals surface area contributed by atoms with Crippen molar-refractivity contribution >= 4 is 23.2 Å². The molecule has 162 valence electrons. The Balaban J connectivity index is 1.35. The highest BCUT2D eigenvalue weighted by Gasteiger charge is 2.26. The van der Waals surface area contributed by atoms with Gasteiger partial charge in [-0.05, 0) is 19.2 Å². The second-order valence-corrected chi connectivity index (χ2v) is 7.59. The molecule has 10 nitrogen and oxygen atoms in total. The standard InChI is InChI=1S/C20H22FN7O3/c1-27-5-7-31-17(10-27)19(29)25-15-9-23-20(28-11-24-26-18(15)28)22-8-13-12-4-6-30-16(12)3-2-14(13)21/h2-3,9,11,17H,4-8,10H2,1H3,(H,22,23)(H,25,29). The van der Waals surface area contributed by atoms with Crippen LogP contribution in [-0.2, 0) is 22.5 Å². The molecule has 0 aliphatic carbocycles. The lowest BCUT2D eigenvalue weighted by Gasteiger charge is -2.29. The fraction of sp³-hybridized carbons (Fsp3) is 0.400. The number of hydrogen-bond donors (Lipinski definition) is 2. The average Bonchev–Trinajstić information content (AvgIpc) is 3.44. The first-order valence-electron chi connectivity index (χ1n) is 10.1. The number of ether oxygens (including phenoxy) is 2. The SMILES string of the molecule is CN1CCOC(C(=O)Nc2cnc(NCc3c(F)ccc4c3CCO4)n3cnnc23)C1. The van der Waals surface area contributed by atoms with Crippen LogP contribution in [0, 0.1) is 5.82 Å². The number of aromatic nitrogens is 4. The molecule has 1 unspecified atom stereocenters. The van der Waals surface area contributed by atoms with E-state index in [-0.39, 0.29) is 18.3 Å². The van der Waals surface area contributed by atoms with Crippen LogP contribution in [0.15, 0.2) is 24.7 Å². The molecule has 1 amide bonds. The van der Waals surface area contributed by atoms with E-state index < -0.39 is 6.10 Å². The summed E-state index contributed by atoms with van der Waals surface area (Å²) in [4.78, 5) is 19.0. The van der Waals surface area contributed by atoms with Crippen LogP contribution in [0.4, 0.5) is 16.0 Å². The van der Waals surface area contributed by atoms with E-state index in [2.05, 4.69) is 25.8 Å². The molecule has 2 aromatic heterocycles. The van der Waals surface area contributed by atoms with Crippen molar-refractivity contribution in [3.05, 3.63) is 41.6 Å². The third kappa shape index (κ3) is 3.77. The van der Waals surface area contributed by atoms with Crippen LogP contribution in [0.25, 0.3) is 5.65 Å². The molecule has 5 rings (SSSR count). The van der Waals surface area contributed by atoms with Crippen molar-refractivity contribution in [3.8, 4) is 5.75 Å². The summed E-state index contributed by atoms with van der Waals surface area (Å²) >= 11 is 0. The van der Waals surface area contributed by atoms with Crippen molar-refractivity contribution in [3.63, 3.8) is 0 Å². The molecule has 0 bridgehead atoms. The highest BCUT2D eigenvalue weighted by Crippen LogP contribution is 2.30. The summed E-state index contributed by atoms with van der Waals surface area (Å²) in [6.07, 6.45) is 3.10. The molecule has 4 heterocycles. The van der Waals surface area contributed by atoms with E-state index in [1.54, 1.807) is 10.5 Å². The number of rotatable bonds is 5. The van der Waals surface area contributed by atoms with E-state index >= 15 is 0 Å². The summed E-state index contributed by atoms with van der Waals surface area (Å²) in [5, 5.41) is 14.0. The number of nitrogens with zero attached hydrogens (tertiary/aromatic N) is 5. The Labute approximate surface area is 177 Å². The third-order valence-electron chi connectivity index (χ3n) is 5.52. The zero-order valence-corrected chi connectivity index (χ0v) is 17.0. The first-order chi connectivity index (χ1) is 15.1. The molecule has 2 N–H and O–H groups in total. The first-order valence-corrected chi connectivity index (χ1v) is 10.1. The normalized spacial score (nSPS) is 18.6. The van der Waals surface area contributed by atoms with E-state index in [0.29, 0.717) is 54.8 Å². The van der Waals surface area contributed by atoms with Gasteiger partial charge < -0.3 is 25.0 Å². The van der Waals surface area contributed by atoms with Crippen molar-refractivity contribution in [1.82, 2.24) is 24.5 Å². The second kappa shape index (κ2) is 8.08. The molecular weight excluding hydrogens is 405 g/mol. The summed E-state index contributed by atoms with van der Waals surface area (Å²) in [6, 6.07) is 3.06. The zero-order valence-electron chi connectivity index (χ0n) is 17.0. The Bertz CT molecular complexity index is 1140. The van der Waals surface area contributed by atoms with Gasteiger partial charge in [-0.15, -0.1) is 10.2 Å². The van der Waals surface area contributed by atoms with Crippen LogP contribution >= 0.6 is 0 Å².